The molecule has 0 saturated carbocycles. The highest BCUT2D eigenvalue weighted by Gasteiger charge is 2.44. The Labute approximate surface area is 177 Å². The lowest BCUT2D eigenvalue weighted by atomic mass is 9.92. The first-order chi connectivity index (χ1) is 14.5. The molecule has 30 heavy (non-hydrogen) atoms. The fourth-order valence-electron chi connectivity index (χ4n) is 4.36. The summed E-state index contributed by atoms with van der Waals surface area (Å²) in [6.45, 7) is 3.03. The maximum atomic E-state index is 13.2. The van der Waals surface area contributed by atoms with Gasteiger partial charge < -0.3 is 14.7 Å². The van der Waals surface area contributed by atoms with Crippen molar-refractivity contribution < 1.29 is 19.4 Å². The molecule has 0 aliphatic carbocycles. The van der Waals surface area contributed by atoms with E-state index >= 15 is 0 Å². The molecule has 1 fully saturated rings. The zero-order valence-corrected chi connectivity index (χ0v) is 17.2. The minimum absolute atomic E-state index is 0.0622. The highest BCUT2D eigenvalue weighted by Crippen LogP contribution is 2.39. The molecule has 2 heterocycles. The van der Waals surface area contributed by atoms with Crippen LogP contribution < -0.4 is 0 Å². The van der Waals surface area contributed by atoms with Gasteiger partial charge in [0.25, 0.3) is 5.91 Å². The van der Waals surface area contributed by atoms with Crippen LogP contribution in [0.3, 0.4) is 0 Å². The van der Waals surface area contributed by atoms with Gasteiger partial charge in [-0.15, -0.1) is 0 Å². The fourth-order valence-corrected chi connectivity index (χ4v) is 4.36. The van der Waals surface area contributed by atoms with Crippen molar-refractivity contribution in [3.63, 3.8) is 0 Å². The summed E-state index contributed by atoms with van der Waals surface area (Å²) < 4.78 is 5.73. The highest BCUT2D eigenvalue weighted by atomic mass is 16.5. The van der Waals surface area contributed by atoms with E-state index in [-0.39, 0.29) is 23.9 Å². The highest BCUT2D eigenvalue weighted by molar-refractivity contribution is 6.09. The van der Waals surface area contributed by atoms with Crippen LogP contribution in [0.1, 0.15) is 42.0 Å². The lowest BCUT2D eigenvalue weighted by Crippen LogP contribution is -2.37. The number of hydrogen-bond donors (Lipinski definition) is 1. The Morgan fingerprint density at radius 3 is 2.67 bits per heavy atom. The van der Waals surface area contributed by atoms with E-state index in [0.717, 1.165) is 29.5 Å². The topological polar surface area (TPSA) is 66.8 Å². The van der Waals surface area contributed by atoms with Crippen molar-refractivity contribution in [2.24, 2.45) is 0 Å². The molecule has 2 aromatic rings. The molecule has 5 nitrogen and oxygen atoms in total. The quantitative estimate of drug-likeness (QED) is 0.754. The number of rotatable bonds is 7. The first kappa shape index (κ1) is 20.4. The standard InChI is InChI=1S/C25H27NO4/c1-17-7-5-10-19(15-17)23-22(21(27)13-12-18-8-3-2-4-9-18)24(28)25(29)26(23)16-20-11-6-14-30-20/h2-5,7-10,15,20,23,28H,6,11-14,16H2,1H3. The second kappa shape index (κ2) is 8.84. The summed E-state index contributed by atoms with van der Waals surface area (Å²) in [5.41, 5.74) is 3.14. The number of aliphatic hydroxyl groups is 1. The molecule has 1 amide bonds. The number of ether oxygens (including phenoxy) is 1. The van der Waals surface area contributed by atoms with Crippen molar-refractivity contribution in [3.8, 4) is 0 Å². The van der Waals surface area contributed by atoms with Gasteiger partial charge in [-0.3, -0.25) is 9.59 Å². The summed E-state index contributed by atoms with van der Waals surface area (Å²) in [5.74, 6) is -1.09. The van der Waals surface area contributed by atoms with Crippen LogP contribution in [0.4, 0.5) is 0 Å². The van der Waals surface area contributed by atoms with Crippen LogP contribution in [0.15, 0.2) is 65.9 Å². The van der Waals surface area contributed by atoms with E-state index in [1.54, 1.807) is 4.90 Å². The Hall–Kier alpha value is -2.92. The lowest BCUT2D eigenvalue weighted by Gasteiger charge is -2.29. The molecule has 0 aromatic heterocycles. The van der Waals surface area contributed by atoms with Crippen LogP contribution in [0, 0.1) is 6.92 Å². The average Bonchev–Trinajstić information content (AvgIpc) is 3.35. The van der Waals surface area contributed by atoms with Crippen LogP contribution >= 0.6 is 0 Å². The van der Waals surface area contributed by atoms with Gasteiger partial charge >= 0.3 is 0 Å². The number of carbonyl (C=O) groups excluding carboxylic acids is 2. The minimum atomic E-state index is -0.579. The zero-order valence-electron chi connectivity index (χ0n) is 17.2. The Bertz CT molecular complexity index is 960. The average molecular weight is 405 g/mol. The van der Waals surface area contributed by atoms with Crippen LogP contribution in [0.2, 0.25) is 0 Å². The first-order valence-corrected chi connectivity index (χ1v) is 10.5. The van der Waals surface area contributed by atoms with E-state index in [1.807, 2.05) is 61.5 Å². The molecule has 156 valence electrons. The third-order valence-electron chi connectivity index (χ3n) is 5.87. The maximum absolute atomic E-state index is 13.2. The Morgan fingerprint density at radius 2 is 1.97 bits per heavy atom. The predicted octanol–water partition coefficient (Wildman–Crippen LogP) is 4.07. The van der Waals surface area contributed by atoms with E-state index in [9.17, 15) is 14.7 Å². The Balaban J connectivity index is 1.63. The van der Waals surface area contributed by atoms with Crippen LogP contribution in [0.5, 0.6) is 0 Å². The summed E-state index contributed by atoms with van der Waals surface area (Å²) in [6.07, 6.45) is 2.59. The van der Waals surface area contributed by atoms with Gasteiger partial charge in [-0.25, -0.2) is 0 Å². The molecule has 1 saturated heterocycles. The number of aliphatic hydroxyl groups excluding tert-OH is 1. The number of benzene rings is 2. The van der Waals surface area contributed by atoms with Crippen molar-refractivity contribution >= 4 is 11.7 Å². The van der Waals surface area contributed by atoms with Crippen molar-refractivity contribution in [2.45, 2.75) is 44.8 Å². The van der Waals surface area contributed by atoms with E-state index in [0.29, 0.717) is 19.6 Å². The lowest BCUT2D eigenvalue weighted by molar-refractivity contribution is -0.131. The van der Waals surface area contributed by atoms with Crippen LogP contribution in [-0.2, 0) is 20.7 Å². The number of aryl methyl sites for hydroxylation is 2. The van der Waals surface area contributed by atoms with E-state index < -0.39 is 17.7 Å². The van der Waals surface area contributed by atoms with E-state index in [1.165, 1.54) is 0 Å². The molecule has 5 heteroatoms. The number of nitrogens with zero attached hydrogens (tertiary/aromatic N) is 1. The van der Waals surface area contributed by atoms with Crippen LogP contribution in [-0.4, -0.2) is 41.0 Å². The zero-order chi connectivity index (χ0) is 21.1. The molecular formula is C25H27NO4. The monoisotopic (exact) mass is 405 g/mol. The molecule has 2 aliphatic rings. The van der Waals surface area contributed by atoms with Gasteiger partial charge in [0.05, 0.1) is 17.7 Å². The van der Waals surface area contributed by atoms with Gasteiger partial charge in [0, 0.05) is 19.6 Å². The van der Waals surface area contributed by atoms with Crippen molar-refractivity contribution in [1.82, 2.24) is 4.90 Å². The number of Topliss-reactive ketones (excluding diaryl/α,β-unsaturated/α-hetero) is 1. The van der Waals surface area contributed by atoms with E-state index in [4.69, 9.17) is 4.74 Å². The summed E-state index contributed by atoms with van der Waals surface area (Å²) in [4.78, 5) is 27.8. The maximum Gasteiger partial charge on any atom is 0.290 e. The number of amides is 1. The van der Waals surface area contributed by atoms with Gasteiger partial charge in [0.2, 0.25) is 0 Å². The van der Waals surface area contributed by atoms with Crippen molar-refractivity contribution in [3.05, 3.63) is 82.6 Å². The molecule has 4 rings (SSSR count). The van der Waals surface area contributed by atoms with Crippen molar-refractivity contribution in [1.29, 1.82) is 0 Å². The molecule has 2 unspecified atom stereocenters. The largest absolute Gasteiger partial charge is 0.503 e. The Morgan fingerprint density at radius 1 is 1.17 bits per heavy atom. The third-order valence-corrected chi connectivity index (χ3v) is 5.87. The number of hydrogen-bond acceptors (Lipinski definition) is 4. The van der Waals surface area contributed by atoms with Gasteiger partial charge in [-0.05, 0) is 37.3 Å². The summed E-state index contributed by atoms with van der Waals surface area (Å²) >= 11 is 0. The normalized spacial score (nSPS) is 21.5. The predicted molar refractivity (Wildman–Crippen MR) is 114 cm³/mol. The molecule has 0 bridgehead atoms. The Kier molecular flexibility index (Phi) is 6.00. The van der Waals surface area contributed by atoms with E-state index in [2.05, 4.69) is 0 Å². The molecule has 2 atom stereocenters. The second-order valence-electron chi connectivity index (χ2n) is 8.08. The summed E-state index contributed by atoms with van der Waals surface area (Å²) in [6, 6.07) is 17.0. The fraction of sp³-hybridized carbons (Fsp3) is 0.360. The second-order valence-corrected chi connectivity index (χ2v) is 8.08. The molecule has 2 aliphatic heterocycles. The number of carbonyl (C=O) groups is 2. The molecule has 0 radical (unpaired) electrons. The third kappa shape index (κ3) is 4.17. The smallest absolute Gasteiger partial charge is 0.290 e. The molecular weight excluding hydrogens is 378 g/mol. The van der Waals surface area contributed by atoms with Gasteiger partial charge in [0.15, 0.2) is 11.5 Å². The summed E-state index contributed by atoms with van der Waals surface area (Å²) in [5, 5.41) is 10.7. The number of ketones is 1. The van der Waals surface area contributed by atoms with Crippen molar-refractivity contribution in [2.75, 3.05) is 13.2 Å². The first-order valence-electron chi connectivity index (χ1n) is 10.5. The minimum Gasteiger partial charge on any atom is -0.503 e. The molecule has 0 spiro atoms. The van der Waals surface area contributed by atoms with Gasteiger partial charge in [-0.1, -0.05) is 60.2 Å². The molecule has 2 aromatic carbocycles. The van der Waals surface area contributed by atoms with Crippen LogP contribution in [0.25, 0.3) is 0 Å². The summed E-state index contributed by atoms with van der Waals surface area (Å²) in [7, 11) is 0. The van der Waals surface area contributed by atoms with Gasteiger partial charge in [0.1, 0.15) is 0 Å². The SMILES string of the molecule is Cc1cccc(C2C(C(=O)CCc3ccccc3)=C(O)C(=O)N2CC2CCCO2)c1. The molecule has 1 N–H and O–H groups in total. The van der Waals surface area contributed by atoms with Gasteiger partial charge in [-0.2, -0.15) is 0 Å².